The maximum atomic E-state index is 12.9. The summed E-state index contributed by atoms with van der Waals surface area (Å²) in [5.41, 5.74) is 3.60. The molecule has 0 saturated heterocycles. The number of amides is 4. The molecule has 2 aromatic carbocycles. The number of rotatable bonds is 14. The number of fused-ring (bicyclic) bond motifs is 1. The highest BCUT2D eigenvalue weighted by Crippen LogP contribution is 2.27. The summed E-state index contributed by atoms with van der Waals surface area (Å²) >= 11 is 6.37. The number of ether oxygens (including phenoxy) is 1. The topological polar surface area (TPSA) is 129 Å². The number of likely N-dealkylation sites (N-methyl/N-ethyl adjacent to an activating group) is 2. The number of anilines is 1. The second kappa shape index (κ2) is 14.5. The number of urea groups is 1. The fraction of sp³-hybridized carbons (Fsp3) is 0.407. The molecule has 0 bridgehead atoms. The van der Waals surface area contributed by atoms with Crippen molar-refractivity contribution in [2.75, 3.05) is 39.2 Å². The van der Waals surface area contributed by atoms with Crippen molar-refractivity contribution >= 4 is 41.4 Å². The lowest BCUT2D eigenvalue weighted by molar-refractivity contribution is -0.125. The lowest BCUT2D eigenvalue weighted by atomic mass is 10.1. The number of nitrogens with zero attached hydrogens (tertiary/aromatic N) is 1. The first-order valence-corrected chi connectivity index (χ1v) is 12.9. The number of benzene rings is 2. The summed E-state index contributed by atoms with van der Waals surface area (Å²) in [5.74, 6) is -0.556. The van der Waals surface area contributed by atoms with Crippen molar-refractivity contribution in [3.05, 3.63) is 63.7 Å². The number of carbonyl (C=O) groups is 4. The van der Waals surface area contributed by atoms with Crippen LogP contribution in [-0.4, -0.2) is 68.9 Å². The van der Waals surface area contributed by atoms with E-state index in [1.54, 1.807) is 24.3 Å². The van der Waals surface area contributed by atoms with Gasteiger partial charge in [-0.25, -0.2) is 4.79 Å². The second-order valence-corrected chi connectivity index (χ2v) is 9.29. The van der Waals surface area contributed by atoms with E-state index in [0.29, 0.717) is 35.9 Å². The van der Waals surface area contributed by atoms with E-state index in [4.69, 9.17) is 16.3 Å². The van der Waals surface area contributed by atoms with Crippen molar-refractivity contribution in [2.45, 2.75) is 38.4 Å². The van der Waals surface area contributed by atoms with Crippen LogP contribution in [0.5, 0.6) is 0 Å². The Morgan fingerprint density at radius 1 is 1.16 bits per heavy atom. The lowest BCUT2D eigenvalue weighted by Gasteiger charge is -2.25. The molecule has 0 saturated carbocycles. The normalized spacial score (nSPS) is 13.1. The molecule has 10 nitrogen and oxygen atoms in total. The van der Waals surface area contributed by atoms with Crippen molar-refractivity contribution in [3.8, 4) is 0 Å². The monoisotopic (exact) mass is 543 g/mol. The third-order valence-corrected chi connectivity index (χ3v) is 6.61. The first-order valence-electron chi connectivity index (χ1n) is 12.5. The molecule has 0 fully saturated rings. The van der Waals surface area contributed by atoms with Crippen molar-refractivity contribution in [1.82, 2.24) is 20.9 Å². The minimum atomic E-state index is -0.721. The van der Waals surface area contributed by atoms with E-state index < -0.39 is 12.1 Å². The quantitative estimate of drug-likeness (QED) is 0.214. The van der Waals surface area contributed by atoms with Gasteiger partial charge in [0.15, 0.2) is 0 Å². The molecule has 0 aromatic heterocycles. The van der Waals surface area contributed by atoms with E-state index >= 15 is 0 Å². The zero-order valence-electron chi connectivity index (χ0n) is 21.6. The maximum absolute atomic E-state index is 12.9. The molecular weight excluding hydrogens is 510 g/mol. The van der Waals surface area contributed by atoms with Crippen LogP contribution in [0.2, 0.25) is 5.02 Å². The van der Waals surface area contributed by atoms with E-state index in [1.165, 1.54) is 11.9 Å². The van der Waals surface area contributed by atoms with Crippen LogP contribution in [-0.2, 0) is 33.8 Å². The first-order chi connectivity index (χ1) is 18.4. The largest absolute Gasteiger partial charge is 0.380 e. The van der Waals surface area contributed by atoms with Gasteiger partial charge < -0.3 is 35.7 Å². The molecular formula is C27H34ClN5O5. The summed E-state index contributed by atoms with van der Waals surface area (Å²) in [6.45, 7) is 2.48. The van der Waals surface area contributed by atoms with Crippen LogP contribution in [0.25, 0.3) is 0 Å². The van der Waals surface area contributed by atoms with Crippen molar-refractivity contribution < 1.29 is 23.9 Å². The molecule has 1 aliphatic rings. The third-order valence-electron chi connectivity index (χ3n) is 6.26. The Kier molecular flexibility index (Phi) is 11.1. The van der Waals surface area contributed by atoms with E-state index in [9.17, 15) is 19.2 Å². The Hall–Kier alpha value is -3.47. The molecule has 4 amide bonds. The average molecular weight is 544 g/mol. The van der Waals surface area contributed by atoms with Crippen LogP contribution >= 0.6 is 11.6 Å². The number of nitrogens with one attached hydrogen (secondary N) is 4. The van der Waals surface area contributed by atoms with Gasteiger partial charge in [-0.05, 0) is 54.8 Å². The van der Waals surface area contributed by atoms with Gasteiger partial charge in [0, 0.05) is 49.4 Å². The fourth-order valence-electron chi connectivity index (χ4n) is 4.22. The maximum Gasteiger partial charge on any atom is 0.319 e. The van der Waals surface area contributed by atoms with Gasteiger partial charge in [0.25, 0.3) is 5.91 Å². The summed E-state index contributed by atoms with van der Waals surface area (Å²) in [5, 5.41) is 11.7. The molecule has 2 aromatic rings. The number of aldehydes is 1. The van der Waals surface area contributed by atoms with Gasteiger partial charge in [0.05, 0.1) is 13.2 Å². The van der Waals surface area contributed by atoms with E-state index in [2.05, 4.69) is 21.3 Å². The highest BCUT2D eigenvalue weighted by Gasteiger charge is 2.35. The number of hydrogen-bond donors (Lipinski definition) is 4. The van der Waals surface area contributed by atoms with Crippen molar-refractivity contribution in [1.29, 1.82) is 0 Å². The standard InChI is InChI=1S/C27H34ClN5O5/c1-29-10-13-38-12-9-19-6-7-21(15-23(19)28)32-27(37)31-16-18-5-8-22-20(14-18)17-33(26(22)36)24(4-3-11-34)25(35)30-2/h5-8,11,14-15,24,29H,3-4,9-10,12-13,16-17H2,1-2H3,(H,30,35)(H2,31,32,37). The molecule has 3 rings (SSSR count). The Morgan fingerprint density at radius 2 is 1.97 bits per heavy atom. The molecule has 0 radical (unpaired) electrons. The van der Waals surface area contributed by atoms with Gasteiger partial charge in [-0.15, -0.1) is 0 Å². The molecule has 1 unspecified atom stereocenters. The van der Waals surface area contributed by atoms with Crippen LogP contribution < -0.4 is 21.3 Å². The lowest BCUT2D eigenvalue weighted by Crippen LogP contribution is -2.46. The molecule has 204 valence electrons. The minimum absolute atomic E-state index is 0.182. The zero-order chi connectivity index (χ0) is 27.5. The highest BCUT2D eigenvalue weighted by molar-refractivity contribution is 6.31. The van der Waals surface area contributed by atoms with Gasteiger partial charge in [0.1, 0.15) is 12.3 Å². The van der Waals surface area contributed by atoms with Gasteiger partial charge >= 0.3 is 6.03 Å². The van der Waals surface area contributed by atoms with Gasteiger partial charge in [-0.3, -0.25) is 9.59 Å². The van der Waals surface area contributed by atoms with Gasteiger partial charge in [-0.1, -0.05) is 29.8 Å². The van der Waals surface area contributed by atoms with Crippen LogP contribution in [0.4, 0.5) is 10.5 Å². The molecule has 1 aliphatic heterocycles. The van der Waals surface area contributed by atoms with Crippen LogP contribution in [0.1, 0.15) is 39.9 Å². The zero-order valence-corrected chi connectivity index (χ0v) is 22.4. The summed E-state index contributed by atoms with van der Waals surface area (Å²) in [6, 6.07) is 9.56. The van der Waals surface area contributed by atoms with E-state index in [-0.39, 0.29) is 37.7 Å². The predicted octanol–water partition coefficient (Wildman–Crippen LogP) is 2.49. The number of hydrogen-bond acceptors (Lipinski definition) is 6. The molecule has 4 N–H and O–H groups in total. The van der Waals surface area contributed by atoms with Crippen LogP contribution in [0.15, 0.2) is 36.4 Å². The average Bonchev–Trinajstić information content (AvgIpc) is 3.23. The predicted molar refractivity (Wildman–Crippen MR) is 145 cm³/mol. The molecule has 1 heterocycles. The van der Waals surface area contributed by atoms with Crippen LogP contribution in [0.3, 0.4) is 0 Å². The first kappa shape index (κ1) is 29.1. The third kappa shape index (κ3) is 7.77. The smallest absolute Gasteiger partial charge is 0.319 e. The Balaban J connectivity index is 1.54. The Bertz CT molecular complexity index is 1160. The highest BCUT2D eigenvalue weighted by atomic mass is 35.5. The molecule has 0 spiro atoms. The number of carbonyl (C=O) groups excluding carboxylic acids is 4. The fourth-order valence-corrected chi connectivity index (χ4v) is 4.50. The molecule has 1 atom stereocenters. The van der Waals surface area contributed by atoms with Crippen molar-refractivity contribution in [3.63, 3.8) is 0 Å². The van der Waals surface area contributed by atoms with Crippen LogP contribution in [0, 0.1) is 0 Å². The molecule has 0 aliphatic carbocycles. The molecule has 38 heavy (non-hydrogen) atoms. The Morgan fingerprint density at radius 3 is 2.68 bits per heavy atom. The van der Waals surface area contributed by atoms with Crippen molar-refractivity contribution in [2.24, 2.45) is 0 Å². The van der Waals surface area contributed by atoms with E-state index in [1.807, 2.05) is 19.2 Å². The van der Waals surface area contributed by atoms with Gasteiger partial charge in [-0.2, -0.15) is 0 Å². The summed E-state index contributed by atoms with van der Waals surface area (Å²) < 4.78 is 5.53. The van der Waals surface area contributed by atoms with E-state index in [0.717, 1.165) is 29.5 Å². The number of halogens is 1. The Labute approximate surface area is 227 Å². The van der Waals surface area contributed by atoms with Gasteiger partial charge in [0.2, 0.25) is 5.91 Å². The SMILES string of the molecule is CNCCOCCc1ccc(NC(=O)NCc2ccc3c(c2)CN(C(CCC=O)C(=O)NC)C3=O)cc1Cl. The summed E-state index contributed by atoms with van der Waals surface area (Å²) in [6.07, 6.45) is 1.85. The summed E-state index contributed by atoms with van der Waals surface area (Å²) in [4.78, 5) is 50.0. The molecule has 11 heteroatoms. The summed E-state index contributed by atoms with van der Waals surface area (Å²) in [7, 11) is 3.37. The minimum Gasteiger partial charge on any atom is -0.380 e. The second-order valence-electron chi connectivity index (χ2n) is 8.88.